The Morgan fingerprint density at radius 1 is 1.19 bits per heavy atom. The Hall–Kier alpha value is -1.75. The monoisotopic (exact) mass is 353 g/mol. The molecule has 2 rings (SSSR count). The van der Waals surface area contributed by atoms with Gasteiger partial charge in [-0.15, -0.1) is 0 Å². The summed E-state index contributed by atoms with van der Waals surface area (Å²) in [7, 11) is 0. The molecule has 0 aliphatic rings. The van der Waals surface area contributed by atoms with Gasteiger partial charge in [0.2, 0.25) is 0 Å². The number of aryl methyl sites for hydroxylation is 1. The van der Waals surface area contributed by atoms with Gasteiger partial charge in [0.1, 0.15) is 11.6 Å². The number of halogens is 3. The number of carbonyl (C=O) groups excluding carboxylic acids is 1. The van der Waals surface area contributed by atoms with Gasteiger partial charge in [0, 0.05) is 10.0 Å². The first-order chi connectivity index (χ1) is 9.88. The Labute approximate surface area is 130 Å². The van der Waals surface area contributed by atoms with Gasteiger partial charge in [0.05, 0.1) is 11.6 Å². The number of rotatable bonds is 3. The second-order valence-electron chi connectivity index (χ2n) is 4.84. The average molecular weight is 354 g/mol. The summed E-state index contributed by atoms with van der Waals surface area (Å²) in [4.78, 5) is 12.2. The van der Waals surface area contributed by atoms with Gasteiger partial charge in [0.25, 0.3) is 5.91 Å². The summed E-state index contributed by atoms with van der Waals surface area (Å²) in [6.45, 7) is 3.48. The molecule has 0 bridgehead atoms. The van der Waals surface area contributed by atoms with E-state index in [1.165, 1.54) is 0 Å². The molecule has 5 heteroatoms. The standard InChI is InChI=1S/C16H14BrF2NO/c1-9-3-5-14(17)13(7-9)16(21)20-10(2)12-8-11(18)4-6-15(12)19/h3-8,10H,1-2H3,(H,20,21). The molecular weight excluding hydrogens is 340 g/mol. The van der Waals surface area contributed by atoms with E-state index in [0.29, 0.717) is 10.0 Å². The number of benzene rings is 2. The van der Waals surface area contributed by atoms with E-state index < -0.39 is 17.7 Å². The van der Waals surface area contributed by atoms with Crippen molar-refractivity contribution in [2.24, 2.45) is 0 Å². The third-order valence-corrected chi connectivity index (χ3v) is 3.83. The van der Waals surface area contributed by atoms with E-state index in [9.17, 15) is 13.6 Å². The fourth-order valence-corrected chi connectivity index (χ4v) is 2.44. The molecule has 1 N–H and O–H groups in total. The van der Waals surface area contributed by atoms with E-state index in [1.807, 2.05) is 13.0 Å². The molecule has 0 saturated heterocycles. The lowest BCUT2D eigenvalue weighted by Crippen LogP contribution is -2.27. The van der Waals surface area contributed by atoms with Crippen molar-refractivity contribution in [3.8, 4) is 0 Å². The van der Waals surface area contributed by atoms with Crippen molar-refractivity contribution < 1.29 is 13.6 Å². The van der Waals surface area contributed by atoms with Crippen LogP contribution in [0.5, 0.6) is 0 Å². The highest BCUT2D eigenvalue weighted by atomic mass is 79.9. The zero-order chi connectivity index (χ0) is 15.6. The predicted octanol–water partition coefficient (Wildman–Crippen LogP) is 4.53. The predicted molar refractivity (Wildman–Crippen MR) is 81.1 cm³/mol. The van der Waals surface area contributed by atoms with Crippen LogP contribution in [-0.4, -0.2) is 5.91 Å². The molecule has 0 saturated carbocycles. The zero-order valence-corrected chi connectivity index (χ0v) is 13.2. The highest BCUT2D eigenvalue weighted by Crippen LogP contribution is 2.21. The smallest absolute Gasteiger partial charge is 0.252 e. The first kappa shape index (κ1) is 15.6. The first-order valence-electron chi connectivity index (χ1n) is 6.40. The van der Waals surface area contributed by atoms with Crippen LogP contribution >= 0.6 is 15.9 Å². The van der Waals surface area contributed by atoms with Crippen LogP contribution in [0, 0.1) is 18.6 Å². The van der Waals surface area contributed by atoms with Crippen LogP contribution in [0.4, 0.5) is 8.78 Å². The van der Waals surface area contributed by atoms with Crippen molar-refractivity contribution in [1.82, 2.24) is 5.32 Å². The average Bonchev–Trinajstić information content (AvgIpc) is 2.43. The normalized spacial score (nSPS) is 12.0. The molecule has 21 heavy (non-hydrogen) atoms. The topological polar surface area (TPSA) is 29.1 Å². The van der Waals surface area contributed by atoms with Crippen molar-refractivity contribution in [1.29, 1.82) is 0 Å². The second kappa shape index (κ2) is 6.35. The number of hydrogen-bond acceptors (Lipinski definition) is 1. The Kier molecular flexibility index (Phi) is 4.73. The summed E-state index contributed by atoms with van der Waals surface area (Å²) in [5.41, 5.74) is 1.51. The van der Waals surface area contributed by atoms with Gasteiger partial charge in [-0.1, -0.05) is 11.6 Å². The molecule has 2 aromatic carbocycles. The van der Waals surface area contributed by atoms with Gasteiger partial charge in [-0.3, -0.25) is 4.79 Å². The highest BCUT2D eigenvalue weighted by Gasteiger charge is 2.17. The molecule has 0 aliphatic heterocycles. The SMILES string of the molecule is Cc1ccc(Br)c(C(=O)NC(C)c2cc(F)ccc2F)c1. The fourth-order valence-electron chi connectivity index (χ4n) is 2.01. The molecule has 1 atom stereocenters. The fraction of sp³-hybridized carbons (Fsp3) is 0.188. The van der Waals surface area contributed by atoms with Crippen LogP contribution in [0.2, 0.25) is 0 Å². The maximum Gasteiger partial charge on any atom is 0.252 e. The van der Waals surface area contributed by atoms with E-state index in [2.05, 4.69) is 21.2 Å². The third-order valence-electron chi connectivity index (χ3n) is 3.14. The zero-order valence-electron chi connectivity index (χ0n) is 11.6. The van der Waals surface area contributed by atoms with E-state index in [-0.39, 0.29) is 11.5 Å². The molecule has 0 aliphatic carbocycles. The Balaban J connectivity index is 2.23. The van der Waals surface area contributed by atoms with Crippen LogP contribution in [0.3, 0.4) is 0 Å². The molecule has 110 valence electrons. The van der Waals surface area contributed by atoms with Gasteiger partial charge in [-0.2, -0.15) is 0 Å². The van der Waals surface area contributed by atoms with E-state index in [0.717, 1.165) is 23.8 Å². The van der Waals surface area contributed by atoms with Crippen molar-refractivity contribution in [3.63, 3.8) is 0 Å². The number of nitrogens with one attached hydrogen (secondary N) is 1. The van der Waals surface area contributed by atoms with Crippen LogP contribution in [0.1, 0.15) is 34.5 Å². The summed E-state index contributed by atoms with van der Waals surface area (Å²) >= 11 is 3.31. The lowest BCUT2D eigenvalue weighted by molar-refractivity contribution is 0.0938. The van der Waals surface area contributed by atoms with Crippen LogP contribution in [0.25, 0.3) is 0 Å². The minimum Gasteiger partial charge on any atom is -0.345 e. The molecule has 2 aromatic rings. The van der Waals surface area contributed by atoms with Gasteiger partial charge in [-0.05, 0) is 60.1 Å². The summed E-state index contributed by atoms with van der Waals surface area (Å²) in [6, 6.07) is 7.93. The Morgan fingerprint density at radius 2 is 1.90 bits per heavy atom. The largest absolute Gasteiger partial charge is 0.345 e. The Morgan fingerprint density at radius 3 is 2.62 bits per heavy atom. The number of carbonyl (C=O) groups is 1. The lowest BCUT2D eigenvalue weighted by atomic mass is 10.1. The van der Waals surface area contributed by atoms with Crippen molar-refractivity contribution in [2.45, 2.75) is 19.9 Å². The van der Waals surface area contributed by atoms with Gasteiger partial charge in [0.15, 0.2) is 0 Å². The molecule has 0 spiro atoms. The minimum atomic E-state index is -0.638. The first-order valence-corrected chi connectivity index (χ1v) is 7.19. The second-order valence-corrected chi connectivity index (χ2v) is 5.70. The van der Waals surface area contributed by atoms with Crippen LogP contribution in [0.15, 0.2) is 40.9 Å². The van der Waals surface area contributed by atoms with Gasteiger partial charge >= 0.3 is 0 Å². The molecule has 2 nitrogen and oxygen atoms in total. The number of hydrogen-bond donors (Lipinski definition) is 1. The molecule has 1 unspecified atom stereocenters. The molecule has 0 aromatic heterocycles. The highest BCUT2D eigenvalue weighted by molar-refractivity contribution is 9.10. The van der Waals surface area contributed by atoms with Crippen LogP contribution in [-0.2, 0) is 0 Å². The number of amides is 1. The van der Waals surface area contributed by atoms with E-state index in [4.69, 9.17) is 0 Å². The van der Waals surface area contributed by atoms with Crippen LogP contribution < -0.4 is 5.32 Å². The summed E-state index contributed by atoms with van der Waals surface area (Å²) in [5.74, 6) is -1.43. The maximum absolute atomic E-state index is 13.7. The van der Waals surface area contributed by atoms with Gasteiger partial charge < -0.3 is 5.32 Å². The summed E-state index contributed by atoms with van der Waals surface area (Å²) in [6.07, 6.45) is 0. The van der Waals surface area contributed by atoms with E-state index >= 15 is 0 Å². The molecule has 1 amide bonds. The molecular formula is C16H14BrF2NO. The van der Waals surface area contributed by atoms with Crippen molar-refractivity contribution in [2.75, 3.05) is 0 Å². The van der Waals surface area contributed by atoms with Crippen molar-refractivity contribution >= 4 is 21.8 Å². The van der Waals surface area contributed by atoms with E-state index in [1.54, 1.807) is 19.1 Å². The molecule has 0 fully saturated rings. The van der Waals surface area contributed by atoms with Gasteiger partial charge in [-0.25, -0.2) is 8.78 Å². The maximum atomic E-state index is 13.7. The molecule has 0 heterocycles. The lowest BCUT2D eigenvalue weighted by Gasteiger charge is -2.16. The van der Waals surface area contributed by atoms with Crippen molar-refractivity contribution in [3.05, 3.63) is 69.2 Å². The summed E-state index contributed by atoms with van der Waals surface area (Å²) in [5, 5.41) is 2.67. The minimum absolute atomic E-state index is 0.118. The Bertz CT molecular complexity index is 688. The molecule has 0 radical (unpaired) electrons. The summed E-state index contributed by atoms with van der Waals surface area (Å²) < 4.78 is 27.5. The quantitative estimate of drug-likeness (QED) is 0.862. The third kappa shape index (κ3) is 3.67.